The first-order valence-corrected chi connectivity index (χ1v) is 7.14. The number of aliphatic carboxylic acids is 1. The Morgan fingerprint density at radius 1 is 1.43 bits per heavy atom. The van der Waals surface area contributed by atoms with Gasteiger partial charge in [-0.3, -0.25) is 4.79 Å². The van der Waals surface area contributed by atoms with Gasteiger partial charge < -0.3 is 15.3 Å². The van der Waals surface area contributed by atoms with Crippen LogP contribution in [0.15, 0.2) is 24.3 Å². The lowest BCUT2D eigenvalue weighted by atomic mass is 10.1. The summed E-state index contributed by atoms with van der Waals surface area (Å²) in [5.74, 6) is -0.145. The van der Waals surface area contributed by atoms with Crippen LogP contribution in [0.25, 0.3) is 10.8 Å². The predicted octanol–water partition coefficient (Wildman–Crippen LogP) is 2.64. The van der Waals surface area contributed by atoms with E-state index in [0.717, 1.165) is 22.2 Å². The topological polar surface area (TPSA) is 65.5 Å². The summed E-state index contributed by atoms with van der Waals surface area (Å²) in [6.45, 7) is 1.87. The number of carboxylic acid groups (broad SMARTS) is 1. The van der Waals surface area contributed by atoms with Crippen molar-refractivity contribution in [3.05, 3.63) is 30.0 Å². The largest absolute Gasteiger partial charge is 0.480 e. The molecule has 0 bridgehead atoms. The van der Waals surface area contributed by atoms with E-state index < -0.39 is 5.97 Å². The van der Waals surface area contributed by atoms with Crippen LogP contribution >= 0.6 is 0 Å². The summed E-state index contributed by atoms with van der Waals surface area (Å²) in [5.41, 5.74) is 1.99. The highest BCUT2D eigenvalue weighted by Gasteiger charge is 2.22. The van der Waals surface area contributed by atoms with Crippen LogP contribution in [0, 0.1) is 6.92 Å². The number of fused-ring (bicyclic) bond motifs is 1. The maximum Gasteiger partial charge on any atom is 0.323 e. The lowest BCUT2D eigenvalue weighted by Crippen LogP contribution is -2.26. The zero-order valence-corrected chi connectivity index (χ0v) is 12.3. The van der Waals surface area contributed by atoms with Crippen molar-refractivity contribution in [2.75, 3.05) is 23.8 Å². The molecule has 1 saturated carbocycles. The summed E-state index contributed by atoms with van der Waals surface area (Å²) in [6.07, 6.45) is 2.43. The fourth-order valence-corrected chi connectivity index (χ4v) is 2.53. The lowest BCUT2D eigenvalue weighted by Gasteiger charge is -2.20. The van der Waals surface area contributed by atoms with Gasteiger partial charge in [0, 0.05) is 35.2 Å². The van der Waals surface area contributed by atoms with Gasteiger partial charge >= 0.3 is 5.97 Å². The molecule has 0 unspecified atom stereocenters. The first kappa shape index (κ1) is 13.7. The molecule has 0 spiro atoms. The maximum atomic E-state index is 10.9. The molecule has 0 radical (unpaired) electrons. The minimum atomic E-state index is -0.860. The third-order valence-corrected chi connectivity index (χ3v) is 3.65. The van der Waals surface area contributed by atoms with Gasteiger partial charge in [-0.2, -0.15) is 0 Å². The van der Waals surface area contributed by atoms with E-state index in [2.05, 4.69) is 22.4 Å². The van der Waals surface area contributed by atoms with Crippen molar-refractivity contribution in [1.29, 1.82) is 0 Å². The molecule has 1 aliphatic rings. The summed E-state index contributed by atoms with van der Waals surface area (Å²) in [5, 5.41) is 14.6. The Kier molecular flexibility index (Phi) is 3.41. The normalized spacial score (nSPS) is 14.2. The van der Waals surface area contributed by atoms with Crippen LogP contribution in [0.2, 0.25) is 0 Å². The van der Waals surface area contributed by atoms with Crippen LogP contribution < -0.4 is 10.2 Å². The maximum absolute atomic E-state index is 10.9. The van der Waals surface area contributed by atoms with Gasteiger partial charge in [-0.15, -0.1) is 0 Å². The molecule has 0 aliphatic heterocycles. The van der Waals surface area contributed by atoms with Crippen LogP contribution in [0.1, 0.15) is 18.5 Å². The number of nitrogens with one attached hydrogen (secondary N) is 1. The Bertz CT molecular complexity index is 695. The molecule has 2 N–H and O–H groups in total. The highest BCUT2D eigenvalue weighted by Crippen LogP contribution is 2.33. The van der Waals surface area contributed by atoms with Gasteiger partial charge in [-0.25, -0.2) is 4.98 Å². The molecule has 0 amide bonds. The van der Waals surface area contributed by atoms with E-state index in [9.17, 15) is 4.79 Å². The van der Waals surface area contributed by atoms with E-state index in [1.54, 1.807) is 11.9 Å². The van der Waals surface area contributed by atoms with Gasteiger partial charge in [0.25, 0.3) is 0 Å². The van der Waals surface area contributed by atoms with Gasteiger partial charge in [0.15, 0.2) is 0 Å². The van der Waals surface area contributed by atoms with Gasteiger partial charge in [-0.1, -0.05) is 12.1 Å². The number of likely N-dealkylation sites (N-methyl/N-ethyl adjacent to an activating group) is 1. The number of nitrogens with zero attached hydrogens (tertiary/aromatic N) is 2. The second-order valence-corrected chi connectivity index (χ2v) is 5.66. The molecule has 0 saturated heterocycles. The summed E-state index contributed by atoms with van der Waals surface area (Å²) < 4.78 is 0. The first-order valence-electron chi connectivity index (χ1n) is 7.14. The van der Waals surface area contributed by atoms with E-state index in [-0.39, 0.29) is 6.54 Å². The van der Waals surface area contributed by atoms with Gasteiger partial charge in [0.2, 0.25) is 0 Å². The zero-order valence-electron chi connectivity index (χ0n) is 12.3. The SMILES string of the molecule is Cc1cc2c(NC3CC3)cccc2c(N(C)CC(=O)O)n1. The van der Waals surface area contributed by atoms with Crippen molar-refractivity contribution in [1.82, 2.24) is 4.98 Å². The molecule has 1 aliphatic carbocycles. The number of carboxylic acids is 1. The molecule has 110 valence electrons. The van der Waals surface area contributed by atoms with Crippen molar-refractivity contribution < 1.29 is 9.90 Å². The molecule has 5 heteroatoms. The first-order chi connectivity index (χ1) is 10.0. The predicted molar refractivity (Wildman–Crippen MR) is 84.0 cm³/mol. The zero-order chi connectivity index (χ0) is 15.0. The molecule has 3 rings (SSSR count). The molecule has 21 heavy (non-hydrogen) atoms. The number of rotatable bonds is 5. The van der Waals surface area contributed by atoms with Crippen molar-refractivity contribution in [2.45, 2.75) is 25.8 Å². The molecule has 5 nitrogen and oxygen atoms in total. The van der Waals surface area contributed by atoms with Crippen LogP contribution in [-0.4, -0.2) is 35.7 Å². The average molecular weight is 285 g/mol. The van der Waals surface area contributed by atoms with E-state index in [0.29, 0.717) is 11.9 Å². The highest BCUT2D eigenvalue weighted by molar-refractivity contribution is 6.01. The molecular formula is C16H19N3O2. The monoisotopic (exact) mass is 285 g/mol. The van der Waals surface area contributed by atoms with E-state index in [1.807, 2.05) is 19.1 Å². The number of benzene rings is 1. The minimum Gasteiger partial charge on any atom is -0.480 e. The van der Waals surface area contributed by atoms with Crippen molar-refractivity contribution >= 4 is 28.2 Å². The lowest BCUT2D eigenvalue weighted by molar-refractivity contribution is -0.135. The van der Waals surface area contributed by atoms with E-state index in [1.165, 1.54) is 12.8 Å². The van der Waals surface area contributed by atoms with Crippen LogP contribution in [-0.2, 0) is 4.79 Å². The van der Waals surface area contributed by atoms with Crippen LogP contribution in [0.4, 0.5) is 11.5 Å². The number of hydrogen-bond acceptors (Lipinski definition) is 4. The standard InChI is InChI=1S/C16H19N3O2/c1-10-8-13-12(16(17-10)19(2)9-15(20)21)4-3-5-14(13)18-11-6-7-11/h3-5,8,11,18H,6-7,9H2,1-2H3,(H,20,21). The fraction of sp³-hybridized carbons (Fsp3) is 0.375. The molecular weight excluding hydrogens is 266 g/mol. The highest BCUT2D eigenvalue weighted by atomic mass is 16.4. The second-order valence-electron chi connectivity index (χ2n) is 5.66. The summed E-state index contributed by atoms with van der Waals surface area (Å²) in [7, 11) is 1.76. The van der Waals surface area contributed by atoms with E-state index in [4.69, 9.17) is 5.11 Å². The number of aromatic nitrogens is 1. The average Bonchev–Trinajstić information content (AvgIpc) is 3.22. The van der Waals surface area contributed by atoms with Crippen molar-refractivity contribution in [2.24, 2.45) is 0 Å². The molecule has 0 atom stereocenters. The Morgan fingerprint density at radius 2 is 2.19 bits per heavy atom. The van der Waals surface area contributed by atoms with Gasteiger partial charge in [0.05, 0.1) is 0 Å². The summed E-state index contributed by atoms with van der Waals surface area (Å²) in [4.78, 5) is 17.1. The molecule has 2 aromatic rings. The Balaban J connectivity index is 2.09. The summed E-state index contributed by atoms with van der Waals surface area (Å²) in [6, 6.07) is 8.68. The number of aryl methyl sites for hydroxylation is 1. The number of pyridine rings is 1. The third kappa shape index (κ3) is 2.91. The number of hydrogen-bond donors (Lipinski definition) is 2. The molecule has 1 heterocycles. The second kappa shape index (κ2) is 5.24. The van der Waals surface area contributed by atoms with Crippen LogP contribution in [0.5, 0.6) is 0 Å². The quantitative estimate of drug-likeness (QED) is 0.884. The third-order valence-electron chi connectivity index (χ3n) is 3.65. The van der Waals surface area contributed by atoms with Gasteiger partial charge in [-0.05, 0) is 31.9 Å². The Labute approximate surface area is 123 Å². The van der Waals surface area contributed by atoms with E-state index >= 15 is 0 Å². The van der Waals surface area contributed by atoms with Gasteiger partial charge in [0.1, 0.15) is 12.4 Å². The fourth-order valence-electron chi connectivity index (χ4n) is 2.53. The van der Waals surface area contributed by atoms with Crippen LogP contribution in [0.3, 0.4) is 0 Å². The molecule has 1 aromatic heterocycles. The molecule has 1 aromatic carbocycles. The number of anilines is 2. The van der Waals surface area contributed by atoms with Crippen molar-refractivity contribution in [3.63, 3.8) is 0 Å². The number of carbonyl (C=O) groups is 1. The Morgan fingerprint density at radius 3 is 2.86 bits per heavy atom. The minimum absolute atomic E-state index is 0.0637. The molecule has 1 fully saturated rings. The Hall–Kier alpha value is -2.30. The van der Waals surface area contributed by atoms with Crippen molar-refractivity contribution in [3.8, 4) is 0 Å². The smallest absolute Gasteiger partial charge is 0.323 e. The summed E-state index contributed by atoms with van der Waals surface area (Å²) >= 11 is 0.